The second kappa shape index (κ2) is 8.94. The van der Waals surface area contributed by atoms with Crippen LogP contribution in [0.3, 0.4) is 0 Å². The van der Waals surface area contributed by atoms with E-state index in [9.17, 15) is 32.7 Å². The molecular weight excluding hydrogens is 443 g/mol. The number of piperidine rings is 1. The van der Waals surface area contributed by atoms with Crippen LogP contribution in [-0.2, 0) is 27.3 Å². The Morgan fingerprint density at radius 3 is 2.58 bits per heavy atom. The number of halogens is 3. The van der Waals surface area contributed by atoms with E-state index in [1.54, 1.807) is 10.9 Å². The number of carboxylic acid groups (broad SMARTS) is 1. The molecule has 33 heavy (non-hydrogen) atoms. The zero-order valence-electron chi connectivity index (χ0n) is 18.3. The number of likely N-dealkylation sites (tertiary alicyclic amines) is 2. The van der Waals surface area contributed by atoms with Crippen LogP contribution in [0.1, 0.15) is 44.2 Å². The fourth-order valence-corrected chi connectivity index (χ4v) is 5.01. The van der Waals surface area contributed by atoms with Crippen molar-refractivity contribution < 1.29 is 32.7 Å². The van der Waals surface area contributed by atoms with Gasteiger partial charge in [0.1, 0.15) is 12.5 Å². The molecule has 1 aromatic rings. The molecule has 3 fully saturated rings. The van der Waals surface area contributed by atoms with Gasteiger partial charge >= 0.3 is 12.1 Å². The van der Waals surface area contributed by atoms with Gasteiger partial charge < -0.3 is 14.9 Å². The lowest BCUT2D eigenvalue weighted by molar-refractivity contribution is -0.170. The number of carbonyl (C=O) groups is 3. The highest BCUT2D eigenvalue weighted by Crippen LogP contribution is 2.36. The molecule has 0 bridgehead atoms. The summed E-state index contributed by atoms with van der Waals surface area (Å²) in [7, 11) is 0. The van der Waals surface area contributed by atoms with Crippen LogP contribution in [-0.4, -0.2) is 80.0 Å². The van der Waals surface area contributed by atoms with Crippen LogP contribution in [0.2, 0.25) is 0 Å². The Hall–Kier alpha value is -2.66. The molecule has 12 heteroatoms. The van der Waals surface area contributed by atoms with Crippen molar-refractivity contribution in [3.63, 3.8) is 0 Å². The summed E-state index contributed by atoms with van der Waals surface area (Å²) in [6, 6.07) is 0. The molecule has 2 aliphatic heterocycles. The lowest BCUT2D eigenvalue weighted by atomic mass is 9.82. The molecule has 1 aromatic heterocycles. The molecule has 9 nitrogen and oxygen atoms in total. The molecule has 3 heterocycles. The van der Waals surface area contributed by atoms with E-state index in [4.69, 9.17) is 0 Å². The first-order valence-electron chi connectivity index (χ1n) is 11.3. The SMILES string of the molecule is O=C1C(C(=O)N2CCC(Cc3cn(CC4CCC4)nn3)(C(=O)O)C2)CCCN1CC(F)(F)F. The van der Waals surface area contributed by atoms with Gasteiger partial charge in [-0.25, -0.2) is 0 Å². The van der Waals surface area contributed by atoms with Gasteiger partial charge in [-0.2, -0.15) is 13.2 Å². The molecule has 4 rings (SSSR count). The summed E-state index contributed by atoms with van der Waals surface area (Å²) in [4.78, 5) is 39.7. The van der Waals surface area contributed by atoms with Crippen molar-refractivity contribution in [2.45, 2.75) is 57.7 Å². The first-order chi connectivity index (χ1) is 15.6. The summed E-state index contributed by atoms with van der Waals surface area (Å²) < 4.78 is 40.0. The molecular formula is C21H28F3N5O4. The van der Waals surface area contributed by atoms with E-state index in [2.05, 4.69) is 10.3 Å². The quantitative estimate of drug-likeness (QED) is 0.607. The highest BCUT2D eigenvalue weighted by atomic mass is 19.4. The van der Waals surface area contributed by atoms with Crippen LogP contribution >= 0.6 is 0 Å². The zero-order chi connectivity index (χ0) is 23.8. The van der Waals surface area contributed by atoms with Crippen molar-refractivity contribution in [1.29, 1.82) is 0 Å². The van der Waals surface area contributed by atoms with Crippen molar-refractivity contribution in [2.24, 2.45) is 17.3 Å². The average Bonchev–Trinajstić information content (AvgIpc) is 3.33. The van der Waals surface area contributed by atoms with Crippen molar-refractivity contribution in [3.8, 4) is 0 Å². The van der Waals surface area contributed by atoms with E-state index in [0.29, 0.717) is 22.9 Å². The Bertz CT molecular complexity index is 916. The van der Waals surface area contributed by atoms with Crippen molar-refractivity contribution in [3.05, 3.63) is 11.9 Å². The fraction of sp³-hybridized carbons (Fsp3) is 0.762. The third kappa shape index (κ3) is 5.14. The first-order valence-corrected chi connectivity index (χ1v) is 11.3. The number of carbonyl (C=O) groups excluding carboxylic acids is 2. The smallest absolute Gasteiger partial charge is 0.406 e. The number of aliphatic carboxylic acids is 1. The van der Waals surface area contributed by atoms with Crippen LogP contribution in [0.4, 0.5) is 13.2 Å². The average molecular weight is 471 g/mol. The van der Waals surface area contributed by atoms with Gasteiger partial charge in [-0.05, 0) is 38.0 Å². The summed E-state index contributed by atoms with van der Waals surface area (Å²) in [5.41, 5.74) is -0.743. The normalized spacial score (nSPS) is 26.5. The monoisotopic (exact) mass is 471 g/mol. The van der Waals surface area contributed by atoms with Crippen LogP contribution in [0.15, 0.2) is 6.20 Å². The van der Waals surface area contributed by atoms with Crippen LogP contribution in [0.25, 0.3) is 0 Å². The molecule has 2 unspecified atom stereocenters. The molecule has 2 amide bonds. The maximum Gasteiger partial charge on any atom is 0.406 e. The Balaban J connectivity index is 1.41. The third-order valence-electron chi connectivity index (χ3n) is 7.09. The summed E-state index contributed by atoms with van der Waals surface area (Å²) >= 11 is 0. The lowest BCUT2D eigenvalue weighted by Gasteiger charge is -2.34. The van der Waals surface area contributed by atoms with Crippen LogP contribution < -0.4 is 0 Å². The Labute approximate surface area is 188 Å². The Morgan fingerprint density at radius 1 is 1.18 bits per heavy atom. The maximum absolute atomic E-state index is 13.0. The molecule has 2 atom stereocenters. The topological polar surface area (TPSA) is 109 Å². The zero-order valence-corrected chi connectivity index (χ0v) is 18.3. The molecule has 0 radical (unpaired) electrons. The Morgan fingerprint density at radius 2 is 1.94 bits per heavy atom. The van der Waals surface area contributed by atoms with Gasteiger partial charge in [0.05, 0.1) is 11.1 Å². The number of aromatic nitrogens is 3. The van der Waals surface area contributed by atoms with Gasteiger partial charge in [-0.3, -0.25) is 19.1 Å². The number of carboxylic acids is 1. The molecule has 0 aromatic carbocycles. The highest BCUT2D eigenvalue weighted by Gasteiger charge is 2.49. The number of rotatable bonds is 7. The predicted molar refractivity (Wildman–Crippen MR) is 108 cm³/mol. The van der Waals surface area contributed by atoms with Crippen molar-refractivity contribution in [2.75, 3.05) is 26.2 Å². The van der Waals surface area contributed by atoms with E-state index < -0.39 is 41.8 Å². The first kappa shape index (κ1) is 23.5. The number of hydrogen-bond acceptors (Lipinski definition) is 5. The molecule has 0 spiro atoms. The maximum atomic E-state index is 13.0. The molecule has 1 saturated carbocycles. The van der Waals surface area contributed by atoms with Crippen LogP contribution in [0, 0.1) is 17.3 Å². The third-order valence-corrected chi connectivity index (χ3v) is 7.09. The lowest BCUT2D eigenvalue weighted by Crippen LogP contribution is -2.51. The minimum Gasteiger partial charge on any atom is -0.481 e. The number of alkyl halides is 3. The van der Waals surface area contributed by atoms with E-state index in [1.165, 1.54) is 11.3 Å². The van der Waals surface area contributed by atoms with Gasteiger partial charge in [0, 0.05) is 38.8 Å². The van der Waals surface area contributed by atoms with E-state index >= 15 is 0 Å². The van der Waals surface area contributed by atoms with Gasteiger partial charge in [0.15, 0.2) is 0 Å². The fourth-order valence-electron chi connectivity index (χ4n) is 5.01. The largest absolute Gasteiger partial charge is 0.481 e. The van der Waals surface area contributed by atoms with Gasteiger partial charge in [-0.1, -0.05) is 11.6 Å². The molecule has 1 N–H and O–H groups in total. The van der Waals surface area contributed by atoms with Gasteiger partial charge in [0.2, 0.25) is 11.8 Å². The summed E-state index contributed by atoms with van der Waals surface area (Å²) in [5, 5.41) is 18.2. The predicted octanol–water partition coefficient (Wildman–Crippen LogP) is 1.72. The molecule has 2 saturated heterocycles. The second-order valence-electron chi connectivity index (χ2n) is 9.57. The minimum atomic E-state index is -4.54. The molecule has 3 aliphatic rings. The van der Waals surface area contributed by atoms with Crippen molar-refractivity contribution >= 4 is 17.8 Å². The number of hydrogen-bond donors (Lipinski definition) is 1. The molecule has 182 valence electrons. The van der Waals surface area contributed by atoms with Gasteiger partial charge in [0.25, 0.3) is 0 Å². The Kier molecular flexibility index (Phi) is 6.37. The van der Waals surface area contributed by atoms with Crippen molar-refractivity contribution in [1.82, 2.24) is 24.8 Å². The summed E-state index contributed by atoms with van der Waals surface area (Å²) in [6.07, 6.45) is 1.42. The van der Waals surface area contributed by atoms with E-state index in [0.717, 1.165) is 19.4 Å². The second-order valence-corrected chi connectivity index (χ2v) is 9.57. The highest BCUT2D eigenvalue weighted by molar-refractivity contribution is 6.01. The van der Waals surface area contributed by atoms with E-state index in [1.807, 2.05) is 0 Å². The van der Waals surface area contributed by atoms with Gasteiger partial charge in [-0.15, -0.1) is 5.10 Å². The summed E-state index contributed by atoms with van der Waals surface area (Å²) in [6.45, 7) is -0.664. The standard InChI is InChI=1S/C21H28F3N5O4/c22-21(23,24)13-27-7-2-5-16(17(27)30)18(31)28-8-6-20(12-28,19(32)33)9-15-11-29(26-25-15)10-14-3-1-4-14/h11,14,16H,1-10,12-13H2,(H,32,33). The number of amides is 2. The number of nitrogens with zero attached hydrogens (tertiary/aromatic N) is 5. The van der Waals surface area contributed by atoms with Crippen LogP contribution in [0.5, 0.6) is 0 Å². The minimum absolute atomic E-state index is 0.0439. The molecule has 1 aliphatic carbocycles. The summed E-state index contributed by atoms with van der Waals surface area (Å²) in [5.74, 6) is -3.13. The van der Waals surface area contributed by atoms with E-state index in [-0.39, 0.29) is 38.9 Å².